The van der Waals surface area contributed by atoms with Crippen LogP contribution in [0, 0.1) is 6.92 Å². The summed E-state index contributed by atoms with van der Waals surface area (Å²) >= 11 is 6.62. The van der Waals surface area contributed by atoms with E-state index in [0.717, 1.165) is 70.1 Å². The Balaban J connectivity index is 1.22. The van der Waals surface area contributed by atoms with Crippen LogP contribution >= 0.6 is 11.6 Å². The molecule has 1 amide bonds. The van der Waals surface area contributed by atoms with Crippen LogP contribution in [0.25, 0.3) is 5.69 Å². The molecule has 2 saturated heterocycles. The Morgan fingerprint density at radius 2 is 1.74 bits per heavy atom. The minimum Gasteiger partial charge on any atom is -0.379 e. The van der Waals surface area contributed by atoms with Gasteiger partial charge in [0.1, 0.15) is 0 Å². The van der Waals surface area contributed by atoms with Crippen LogP contribution < -0.4 is 10.2 Å². The molecule has 0 unspecified atom stereocenters. The van der Waals surface area contributed by atoms with Gasteiger partial charge in [0.2, 0.25) is 0 Å². The van der Waals surface area contributed by atoms with Crippen molar-refractivity contribution < 1.29 is 22.7 Å². The number of anilines is 2. The third-order valence-corrected chi connectivity index (χ3v) is 7.57. The Morgan fingerprint density at radius 3 is 2.37 bits per heavy atom. The van der Waals surface area contributed by atoms with Gasteiger partial charge in [-0.05, 0) is 62.2 Å². The van der Waals surface area contributed by atoms with E-state index in [1.54, 1.807) is 13.0 Å². The number of nitrogens with one attached hydrogen (secondary N) is 1. The number of piperidine rings is 1. The number of ether oxygens (including phenoxy) is 1. The van der Waals surface area contributed by atoms with Gasteiger partial charge in [-0.25, -0.2) is 4.68 Å². The van der Waals surface area contributed by atoms with Gasteiger partial charge in [0.05, 0.1) is 52.6 Å². The number of aromatic nitrogens is 2. The van der Waals surface area contributed by atoms with Crippen molar-refractivity contribution in [2.45, 2.75) is 32.0 Å². The second-order valence-electron chi connectivity index (χ2n) is 9.59. The van der Waals surface area contributed by atoms with Crippen molar-refractivity contribution in [3.63, 3.8) is 0 Å². The van der Waals surface area contributed by atoms with Crippen molar-refractivity contribution in [2.75, 3.05) is 49.6 Å². The summed E-state index contributed by atoms with van der Waals surface area (Å²) in [5.41, 5.74) is 2.00. The zero-order valence-electron chi connectivity index (χ0n) is 21.0. The van der Waals surface area contributed by atoms with E-state index in [2.05, 4.69) is 20.2 Å². The standard InChI is InChI=1S/C27H29ClF3N5O2/c1-18-23(17-32-36(18)22-5-2-19(3-6-22)27(29,30)31)26(37)33-20-4-7-25(24(28)16-20)35-10-8-21(9-11-35)34-12-14-38-15-13-34/h2-7,16-17,21H,8-15H2,1H3,(H,33,37). The van der Waals surface area contributed by atoms with Gasteiger partial charge in [-0.15, -0.1) is 0 Å². The van der Waals surface area contributed by atoms with Crippen molar-refractivity contribution in [3.05, 3.63) is 70.5 Å². The average Bonchev–Trinajstić information content (AvgIpc) is 3.30. The van der Waals surface area contributed by atoms with E-state index >= 15 is 0 Å². The van der Waals surface area contributed by atoms with Crippen LogP contribution in [0.2, 0.25) is 5.02 Å². The topological polar surface area (TPSA) is 62.6 Å². The Bertz CT molecular complexity index is 1280. The first-order valence-electron chi connectivity index (χ1n) is 12.6. The van der Waals surface area contributed by atoms with E-state index in [-0.39, 0.29) is 5.91 Å². The zero-order chi connectivity index (χ0) is 26.9. The molecule has 3 heterocycles. The van der Waals surface area contributed by atoms with Crippen molar-refractivity contribution in [1.29, 1.82) is 0 Å². The van der Waals surface area contributed by atoms with Crippen LogP contribution in [0.1, 0.15) is 34.5 Å². The monoisotopic (exact) mass is 547 g/mol. The normalized spacial score (nSPS) is 17.6. The summed E-state index contributed by atoms with van der Waals surface area (Å²) in [7, 11) is 0. The van der Waals surface area contributed by atoms with Crippen LogP contribution in [0.5, 0.6) is 0 Å². The summed E-state index contributed by atoms with van der Waals surface area (Å²) in [6.07, 6.45) is -0.885. The number of rotatable bonds is 5. The fourth-order valence-electron chi connectivity index (χ4n) is 5.14. The van der Waals surface area contributed by atoms with Gasteiger partial charge in [-0.2, -0.15) is 18.3 Å². The molecule has 2 fully saturated rings. The molecule has 0 spiro atoms. The number of benzene rings is 2. The van der Waals surface area contributed by atoms with Crippen LogP contribution in [-0.2, 0) is 10.9 Å². The van der Waals surface area contributed by atoms with E-state index in [1.807, 2.05) is 12.1 Å². The molecule has 2 aromatic carbocycles. The SMILES string of the molecule is Cc1c(C(=O)Nc2ccc(N3CCC(N4CCOCC4)CC3)c(Cl)c2)cnn1-c1ccc(C(F)(F)F)cc1. The lowest BCUT2D eigenvalue weighted by Crippen LogP contribution is -2.49. The highest BCUT2D eigenvalue weighted by Crippen LogP contribution is 2.33. The lowest BCUT2D eigenvalue weighted by atomic mass is 10.0. The molecular formula is C27H29ClF3N5O2. The Labute approximate surface area is 224 Å². The van der Waals surface area contributed by atoms with E-state index < -0.39 is 11.7 Å². The Kier molecular flexibility index (Phi) is 7.65. The number of amides is 1. The van der Waals surface area contributed by atoms with E-state index in [9.17, 15) is 18.0 Å². The smallest absolute Gasteiger partial charge is 0.379 e. The third-order valence-electron chi connectivity index (χ3n) is 7.27. The maximum Gasteiger partial charge on any atom is 0.416 e. The average molecular weight is 548 g/mol. The van der Waals surface area contributed by atoms with E-state index in [0.29, 0.717) is 33.7 Å². The largest absolute Gasteiger partial charge is 0.416 e. The number of alkyl halides is 3. The number of carbonyl (C=O) groups excluding carboxylic acids is 1. The van der Waals surface area contributed by atoms with Crippen LogP contribution in [-0.4, -0.2) is 66.0 Å². The molecule has 0 atom stereocenters. The maximum absolute atomic E-state index is 13.0. The molecule has 1 N–H and O–H groups in total. The quantitative estimate of drug-likeness (QED) is 0.463. The maximum atomic E-state index is 13.0. The van der Waals surface area contributed by atoms with Crippen LogP contribution in [0.3, 0.4) is 0 Å². The van der Waals surface area contributed by atoms with Crippen LogP contribution in [0.4, 0.5) is 24.5 Å². The van der Waals surface area contributed by atoms with Gasteiger partial charge < -0.3 is 15.0 Å². The van der Waals surface area contributed by atoms with Gasteiger partial charge in [0.15, 0.2) is 0 Å². The van der Waals surface area contributed by atoms with E-state index in [1.165, 1.54) is 23.0 Å². The number of nitrogens with zero attached hydrogens (tertiary/aromatic N) is 4. The minimum atomic E-state index is -4.42. The number of halogens is 4. The minimum absolute atomic E-state index is 0.315. The second-order valence-corrected chi connectivity index (χ2v) is 9.99. The molecule has 7 nitrogen and oxygen atoms in total. The van der Waals surface area contributed by atoms with Gasteiger partial charge in [0, 0.05) is 37.9 Å². The molecule has 11 heteroatoms. The lowest BCUT2D eigenvalue weighted by molar-refractivity contribution is -0.137. The highest BCUT2D eigenvalue weighted by Gasteiger charge is 2.30. The Morgan fingerprint density at radius 1 is 1.05 bits per heavy atom. The fraction of sp³-hybridized carbons (Fsp3) is 0.407. The number of hydrogen-bond donors (Lipinski definition) is 1. The molecule has 5 rings (SSSR count). The molecule has 202 valence electrons. The fourth-order valence-corrected chi connectivity index (χ4v) is 5.44. The van der Waals surface area contributed by atoms with Crippen molar-refractivity contribution in [2.24, 2.45) is 0 Å². The zero-order valence-corrected chi connectivity index (χ0v) is 21.7. The molecule has 3 aromatic rings. The Hall–Kier alpha value is -3.08. The number of carbonyl (C=O) groups is 1. The van der Waals surface area contributed by atoms with Gasteiger partial charge >= 0.3 is 6.18 Å². The van der Waals surface area contributed by atoms with Crippen molar-refractivity contribution in [3.8, 4) is 5.69 Å². The molecule has 2 aliphatic heterocycles. The highest BCUT2D eigenvalue weighted by molar-refractivity contribution is 6.33. The van der Waals surface area contributed by atoms with Gasteiger partial charge in [-0.1, -0.05) is 11.6 Å². The predicted octanol–water partition coefficient (Wildman–Crippen LogP) is 5.41. The predicted molar refractivity (Wildman–Crippen MR) is 140 cm³/mol. The first-order chi connectivity index (χ1) is 18.2. The first kappa shape index (κ1) is 26.5. The van der Waals surface area contributed by atoms with Crippen molar-refractivity contribution in [1.82, 2.24) is 14.7 Å². The summed E-state index contributed by atoms with van der Waals surface area (Å²) in [5, 5.41) is 7.62. The van der Waals surface area contributed by atoms with E-state index in [4.69, 9.17) is 16.3 Å². The molecule has 2 aliphatic rings. The summed E-state index contributed by atoms with van der Waals surface area (Å²) in [6, 6.07) is 10.7. The summed E-state index contributed by atoms with van der Waals surface area (Å²) < 4.78 is 45.5. The highest BCUT2D eigenvalue weighted by atomic mass is 35.5. The summed E-state index contributed by atoms with van der Waals surface area (Å²) in [4.78, 5) is 17.8. The molecule has 1 aromatic heterocycles. The molecular weight excluding hydrogens is 519 g/mol. The van der Waals surface area contributed by atoms with Crippen LogP contribution in [0.15, 0.2) is 48.7 Å². The first-order valence-corrected chi connectivity index (χ1v) is 13.0. The molecule has 0 radical (unpaired) electrons. The summed E-state index contributed by atoms with van der Waals surface area (Å²) in [6.45, 7) is 7.09. The molecule has 0 bridgehead atoms. The number of hydrogen-bond acceptors (Lipinski definition) is 5. The lowest BCUT2D eigenvalue weighted by Gasteiger charge is -2.41. The van der Waals surface area contributed by atoms with Gasteiger partial charge in [0.25, 0.3) is 5.91 Å². The third kappa shape index (κ3) is 5.67. The molecule has 0 saturated carbocycles. The molecule has 38 heavy (non-hydrogen) atoms. The second kappa shape index (κ2) is 11.0. The molecule has 0 aliphatic carbocycles. The van der Waals surface area contributed by atoms with Gasteiger partial charge in [-0.3, -0.25) is 9.69 Å². The van der Waals surface area contributed by atoms with Crippen molar-refractivity contribution >= 4 is 28.9 Å². The number of morpholine rings is 1. The summed E-state index contributed by atoms with van der Waals surface area (Å²) in [5.74, 6) is -0.379.